The second-order valence-corrected chi connectivity index (χ2v) is 6.65. The maximum Gasteiger partial charge on any atom is 0.276 e. The Morgan fingerprint density at radius 1 is 1.11 bits per heavy atom. The summed E-state index contributed by atoms with van der Waals surface area (Å²) >= 11 is 0. The average Bonchev–Trinajstić information content (AvgIpc) is 2.66. The Bertz CT molecular complexity index is 846. The van der Waals surface area contributed by atoms with Crippen LogP contribution in [0.2, 0.25) is 0 Å². The summed E-state index contributed by atoms with van der Waals surface area (Å²) in [6, 6.07) is 5.85. The van der Waals surface area contributed by atoms with Crippen molar-refractivity contribution < 1.29 is 9.59 Å². The number of hydrogen-bond acceptors (Lipinski definition) is 6. The van der Waals surface area contributed by atoms with Crippen molar-refractivity contribution in [2.45, 2.75) is 13.8 Å². The van der Waals surface area contributed by atoms with Gasteiger partial charge in [0, 0.05) is 44.3 Å². The summed E-state index contributed by atoms with van der Waals surface area (Å²) in [7, 11) is 0. The molecule has 0 saturated carbocycles. The number of rotatable bonds is 4. The number of nitrogens with one attached hydrogen (secondary N) is 1. The first-order valence-corrected chi connectivity index (χ1v) is 8.90. The lowest BCUT2D eigenvalue weighted by Crippen LogP contribution is -2.50. The minimum atomic E-state index is -0.222. The molecular formula is C19H24N6O2. The molecule has 1 aromatic heterocycles. The predicted molar refractivity (Wildman–Crippen MR) is 103 cm³/mol. The van der Waals surface area contributed by atoms with Crippen LogP contribution in [0.3, 0.4) is 0 Å². The standard InChI is InChI=1S/C19H24N6O2/c1-13-4-3-5-15(14(13)2)23-16(26)12-24-8-10-25(11-9-24)19(27)17-18(20)22-7-6-21-17/h3-7H,8-12H2,1-2H3,(H2,20,22)(H,23,26). The van der Waals surface area contributed by atoms with Gasteiger partial charge in [-0.2, -0.15) is 0 Å². The van der Waals surface area contributed by atoms with Gasteiger partial charge in [0.15, 0.2) is 11.5 Å². The van der Waals surface area contributed by atoms with E-state index in [0.717, 1.165) is 16.8 Å². The second kappa shape index (κ2) is 8.13. The van der Waals surface area contributed by atoms with Gasteiger partial charge in [-0.05, 0) is 31.0 Å². The number of aryl methyl sites for hydroxylation is 1. The van der Waals surface area contributed by atoms with Gasteiger partial charge < -0.3 is 16.0 Å². The zero-order chi connectivity index (χ0) is 19.4. The first-order valence-electron chi connectivity index (χ1n) is 8.90. The van der Waals surface area contributed by atoms with Crippen LogP contribution in [-0.4, -0.2) is 64.3 Å². The summed E-state index contributed by atoms with van der Waals surface area (Å²) in [5, 5.41) is 2.97. The monoisotopic (exact) mass is 368 g/mol. The number of carbonyl (C=O) groups excluding carboxylic acids is 2. The number of nitrogens with zero attached hydrogens (tertiary/aromatic N) is 4. The number of hydrogen-bond donors (Lipinski definition) is 2. The zero-order valence-corrected chi connectivity index (χ0v) is 15.6. The minimum Gasteiger partial charge on any atom is -0.382 e. The number of carbonyl (C=O) groups is 2. The fraction of sp³-hybridized carbons (Fsp3) is 0.368. The Morgan fingerprint density at radius 3 is 2.52 bits per heavy atom. The van der Waals surface area contributed by atoms with E-state index in [9.17, 15) is 9.59 Å². The Balaban J connectivity index is 1.52. The molecule has 0 aliphatic carbocycles. The van der Waals surface area contributed by atoms with Gasteiger partial charge in [0.25, 0.3) is 5.91 Å². The highest BCUT2D eigenvalue weighted by molar-refractivity contribution is 5.96. The van der Waals surface area contributed by atoms with Gasteiger partial charge in [-0.1, -0.05) is 12.1 Å². The Morgan fingerprint density at radius 2 is 1.81 bits per heavy atom. The van der Waals surface area contributed by atoms with Gasteiger partial charge in [0.05, 0.1) is 6.54 Å². The van der Waals surface area contributed by atoms with Gasteiger partial charge in [-0.15, -0.1) is 0 Å². The molecule has 8 nitrogen and oxygen atoms in total. The molecule has 1 saturated heterocycles. The van der Waals surface area contributed by atoms with Crippen LogP contribution in [0.5, 0.6) is 0 Å². The molecule has 1 aliphatic heterocycles. The molecule has 0 radical (unpaired) electrons. The third-order valence-corrected chi connectivity index (χ3v) is 4.83. The highest BCUT2D eigenvalue weighted by Crippen LogP contribution is 2.18. The Labute approximate surface area is 158 Å². The van der Waals surface area contributed by atoms with E-state index in [1.165, 1.54) is 12.4 Å². The topological polar surface area (TPSA) is 104 Å². The Hall–Kier alpha value is -3.00. The summed E-state index contributed by atoms with van der Waals surface area (Å²) < 4.78 is 0. The van der Waals surface area contributed by atoms with Crippen LogP contribution in [0.4, 0.5) is 11.5 Å². The van der Waals surface area contributed by atoms with Crippen molar-refractivity contribution in [2.24, 2.45) is 0 Å². The number of anilines is 2. The molecule has 0 unspecified atom stereocenters. The molecule has 0 bridgehead atoms. The van der Waals surface area contributed by atoms with E-state index in [1.54, 1.807) is 4.90 Å². The number of benzene rings is 1. The second-order valence-electron chi connectivity index (χ2n) is 6.65. The van der Waals surface area contributed by atoms with Gasteiger partial charge in [-0.3, -0.25) is 14.5 Å². The molecule has 3 N–H and O–H groups in total. The fourth-order valence-electron chi connectivity index (χ4n) is 3.05. The van der Waals surface area contributed by atoms with Crippen molar-refractivity contribution >= 4 is 23.3 Å². The number of aromatic nitrogens is 2. The largest absolute Gasteiger partial charge is 0.382 e. The summed E-state index contributed by atoms with van der Waals surface area (Å²) in [6.45, 7) is 6.58. The third kappa shape index (κ3) is 4.40. The summed E-state index contributed by atoms with van der Waals surface area (Å²) in [5.74, 6) is -0.139. The van der Waals surface area contributed by atoms with Crippen molar-refractivity contribution in [3.63, 3.8) is 0 Å². The highest BCUT2D eigenvalue weighted by atomic mass is 16.2. The molecule has 2 aromatic rings. The molecule has 1 aromatic carbocycles. The van der Waals surface area contributed by atoms with Crippen molar-refractivity contribution in [1.29, 1.82) is 0 Å². The maximum atomic E-state index is 12.5. The van der Waals surface area contributed by atoms with Crippen molar-refractivity contribution in [1.82, 2.24) is 19.8 Å². The molecule has 142 valence electrons. The molecule has 1 aliphatic rings. The molecule has 1 fully saturated rings. The van der Waals surface area contributed by atoms with Gasteiger partial charge in [0.2, 0.25) is 5.91 Å². The molecule has 8 heteroatoms. The fourth-order valence-corrected chi connectivity index (χ4v) is 3.05. The van der Waals surface area contributed by atoms with Gasteiger partial charge in [0.1, 0.15) is 0 Å². The van der Waals surface area contributed by atoms with E-state index in [4.69, 9.17) is 5.73 Å². The van der Waals surface area contributed by atoms with Crippen molar-refractivity contribution in [3.8, 4) is 0 Å². The molecule has 0 atom stereocenters. The zero-order valence-electron chi connectivity index (χ0n) is 15.6. The van der Waals surface area contributed by atoms with Crippen LogP contribution >= 0.6 is 0 Å². The number of amides is 2. The van der Waals surface area contributed by atoms with Crippen LogP contribution in [0.25, 0.3) is 0 Å². The van der Waals surface area contributed by atoms with Crippen LogP contribution < -0.4 is 11.1 Å². The third-order valence-electron chi connectivity index (χ3n) is 4.83. The maximum absolute atomic E-state index is 12.5. The van der Waals surface area contributed by atoms with Crippen LogP contribution in [-0.2, 0) is 4.79 Å². The minimum absolute atomic E-state index is 0.0540. The van der Waals surface area contributed by atoms with E-state index >= 15 is 0 Å². The normalized spacial score (nSPS) is 14.8. The van der Waals surface area contributed by atoms with E-state index in [1.807, 2.05) is 36.9 Å². The quantitative estimate of drug-likeness (QED) is 0.837. The number of nitrogens with two attached hydrogens (primary N) is 1. The average molecular weight is 368 g/mol. The first-order chi connectivity index (χ1) is 13.0. The van der Waals surface area contributed by atoms with Crippen molar-refractivity contribution in [2.75, 3.05) is 43.8 Å². The van der Waals surface area contributed by atoms with Crippen molar-refractivity contribution in [3.05, 3.63) is 47.4 Å². The van der Waals surface area contributed by atoms with Crippen LogP contribution in [0, 0.1) is 13.8 Å². The molecular weight excluding hydrogens is 344 g/mol. The number of nitrogen functional groups attached to an aromatic ring is 1. The van der Waals surface area contributed by atoms with Crippen LogP contribution in [0.15, 0.2) is 30.6 Å². The number of piperazine rings is 1. The van der Waals surface area contributed by atoms with E-state index in [0.29, 0.717) is 32.7 Å². The molecule has 27 heavy (non-hydrogen) atoms. The summed E-state index contributed by atoms with van der Waals surface area (Å²) in [5.41, 5.74) is 8.97. The lowest BCUT2D eigenvalue weighted by atomic mass is 10.1. The van der Waals surface area contributed by atoms with Crippen LogP contribution in [0.1, 0.15) is 21.6 Å². The molecule has 2 amide bonds. The predicted octanol–water partition coefficient (Wildman–Crippen LogP) is 1.07. The smallest absolute Gasteiger partial charge is 0.276 e. The van der Waals surface area contributed by atoms with Gasteiger partial charge >= 0.3 is 0 Å². The van der Waals surface area contributed by atoms with Gasteiger partial charge in [-0.25, -0.2) is 9.97 Å². The summed E-state index contributed by atoms with van der Waals surface area (Å²) in [4.78, 5) is 36.5. The van der Waals surface area contributed by atoms with E-state index in [-0.39, 0.29) is 23.3 Å². The lowest BCUT2D eigenvalue weighted by Gasteiger charge is -2.34. The highest BCUT2D eigenvalue weighted by Gasteiger charge is 2.25. The lowest BCUT2D eigenvalue weighted by molar-refractivity contribution is -0.117. The molecule has 3 rings (SSSR count). The SMILES string of the molecule is Cc1cccc(NC(=O)CN2CCN(C(=O)c3nccnc3N)CC2)c1C. The summed E-state index contributed by atoms with van der Waals surface area (Å²) in [6.07, 6.45) is 2.91. The van der Waals surface area contributed by atoms with E-state index < -0.39 is 0 Å². The Kier molecular flexibility index (Phi) is 5.66. The van der Waals surface area contributed by atoms with E-state index in [2.05, 4.69) is 15.3 Å². The first kappa shape index (κ1) is 18.8. The molecule has 2 heterocycles. The molecule has 0 spiro atoms.